The van der Waals surface area contributed by atoms with E-state index in [2.05, 4.69) is 17.2 Å². The summed E-state index contributed by atoms with van der Waals surface area (Å²) in [6.07, 6.45) is 2.25. The molecule has 7 nitrogen and oxygen atoms in total. The second-order valence-electron chi connectivity index (χ2n) is 7.17. The maximum atomic E-state index is 13.1. The number of hydrogen-bond acceptors (Lipinski definition) is 4. The van der Waals surface area contributed by atoms with Crippen LogP contribution >= 0.6 is 0 Å². The molecule has 2 aromatic rings. The number of anilines is 1. The van der Waals surface area contributed by atoms with Gasteiger partial charge in [0.1, 0.15) is 5.82 Å². The van der Waals surface area contributed by atoms with Crippen LogP contribution in [0.5, 0.6) is 0 Å². The number of hydrogen-bond donors (Lipinski definition) is 2. The molecule has 0 bridgehead atoms. The van der Waals surface area contributed by atoms with Gasteiger partial charge < -0.3 is 10.6 Å². The third-order valence-corrected chi connectivity index (χ3v) is 7.03. The molecule has 1 saturated heterocycles. The quantitative estimate of drug-likeness (QED) is 0.641. The average Bonchev–Trinajstić information content (AvgIpc) is 2.78. The molecule has 164 valence electrons. The first kappa shape index (κ1) is 22.6. The van der Waals surface area contributed by atoms with Crippen LogP contribution in [0.2, 0.25) is 0 Å². The number of benzene rings is 2. The minimum Gasteiger partial charge on any atom is -0.349 e. The highest BCUT2D eigenvalue weighted by Gasteiger charge is 2.32. The van der Waals surface area contributed by atoms with E-state index >= 15 is 0 Å². The molecule has 0 radical (unpaired) electrons. The molecule has 2 amide bonds. The molecule has 0 aliphatic carbocycles. The van der Waals surface area contributed by atoms with Gasteiger partial charge in [-0.25, -0.2) is 12.8 Å². The van der Waals surface area contributed by atoms with Crippen LogP contribution in [0.25, 0.3) is 0 Å². The number of rotatable bonds is 7. The first-order valence-electron chi connectivity index (χ1n) is 9.87. The van der Waals surface area contributed by atoms with Crippen LogP contribution in [0.4, 0.5) is 10.1 Å². The highest BCUT2D eigenvalue weighted by molar-refractivity contribution is 7.89. The molecule has 0 unspecified atom stereocenters. The van der Waals surface area contributed by atoms with Crippen LogP contribution in [0, 0.1) is 11.7 Å². The Hall–Kier alpha value is -3.04. The monoisotopic (exact) mass is 445 g/mol. The first-order chi connectivity index (χ1) is 14.8. The van der Waals surface area contributed by atoms with E-state index in [1.807, 2.05) is 0 Å². The predicted octanol–water partition coefficient (Wildman–Crippen LogP) is 2.78. The van der Waals surface area contributed by atoms with E-state index in [1.54, 1.807) is 30.3 Å². The number of carbonyl (C=O) groups excluding carboxylic acids is 2. The van der Waals surface area contributed by atoms with Crippen molar-refractivity contribution in [3.8, 4) is 0 Å². The molecule has 1 fully saturated rings. The molecule has 0 spiro atoms. The fraction of sp³-hybridized carbons (Fsp3) is 0.273. The van der Waals surface area contributed by atoms with Crippen molar-refractivity contribution in [3.63, 3.8) is 0 Å². The van der Waals surface area contributed by atoms with E-state index in [9.17, 15) is 22.4 Å². The Morgan fingerprint density at radius 1 is 1.10 bits per heavy atom. The summed E-state index contributed by atoms with van der Waals surface area (Å²) in [7, 11) is -3.74. The summed E-state index contributed by atoms with van der Waals surface area (Å²) in [4.78, 5) is 25.1. The Morgan fingerprint density at radius 2 is 1.74 bits per heavy atom. The molecule has 9 heteroatoms. The molecular formula is C22H24FN3O4S. The second-order valence-corrected chi connectivity index (χ2v) is 9.10. The van der Waals surface area contributed by atoms with E-state index in [4.69, 9.17) is 0 Å². The van der Waals surface area contributed by atoms with Crippen molar-refractivity contribution >= 4 is 27.5 Å². The number of nitrogens with one attached hydrogen (secondary N) is 2. The van der Waals surface area contributed by atoms with Crippen molar-refractivity contribution < 1.29 is 22.4 Å². The Labute approximate surface area is 181 Å². The lowest BCUT2D eigenvalue weighted by Crippen LogP contribution is -2.41. The lowest BCUT2D eigenvalue weighted by atomic mass is 9.97. The maximum absolute atomic E-state index is 13.1. The standard InChI is InChI=1S/C22H24FN3O4S/c1-2-13-24-22(28)19-5-3-4-6-20(19)25-21(27)16-11-14-26(15-12-16)31(29,30)18-9-7-17(23)8-10-18/h2-10,16H,1,11-15H2,(H,24,28)(H,25,27). The van der Waals surface area contributed by atoms with Crippen molar-refractivity contribution in [3.05, 3.63) is 72.6 Å². The molecular weight excluding hydrogens is 421 g/mol. The van der Waals surface area contributed by atoms with Crippen LogP contribution in [-0.2, 0) is 14.8 Å². The van der Waals surface area contributed by atoms with Gasteiger partial charge in [0.15, 0.2) is 0 Å². The first-order valence-corrected chi connectivity index (χ1v) is 11.3. The number of nitrogens with zero attached hydrogens (tertiary/aromatic N) is 1. The number of piperidine rings is 1. The molecule has 31 heavy (non-hydrogen) atoms. The van der Waals surface area contributed by atoms with Gasteiger partial charge in [0.05, 0.1) is 16.1 Å². The number of halogens is 1. The Kier molecular flexibility index (Phi) is 7.19. The second kappa shape index (κ2) is 9.84. The SMILES string of the molecule is C=CCNC(=O)c1ccccc1NC(=O)C1CCN(S(=O)(=O)c2ccc(F)cc2)CC1. The Balaban J connectivity index is 1.63. The average molecular weight is 446 g/mol. The fourth-order valence-corrected chi connectivity index (χ4v) is 4.87. The summed E-state index contributed by atoms with van der Waals surface area (Å²) in [6.45, 7) is 4.22. The van der Waals surface area contributed by atoms with E-state index in [-0.39, 0.29) is 35.7 Å². The fourth-order valence-electron chi connectivity index (χ4n) is 3.40. The Morgan fingerprint density at radius 3 is 2.39 bits per heavy atom. The van der Waals surface area contributed by atoms with Crippen LogP contribution < -0.4 is 10.6 Å². The molecule has 1 aliphatic rings. The molecule has 0 atom stereocenters. The normalized spacial score (nSPS) is 15.3. The molecule has 0 aromatic heterocycles. The predicted molar refractivity (Wildman–Crippen MR) is 115 cm³/mol. The summed E-state index contributed by atoms with van der Waals surface area (Å²) in [5.74, 6) is -1.48. The molecule has 0 saturated carbocycles. The van der Waals surface area contributed by atoms with Crippen LogP contribution in [0.3, 0.4) is 0 Å². The van der Waals surface area contributed by atoms with Gasteiger partial charge >= 0.3 is 0 Å². The third kappa shape index (κ3) is 5.36. The summed E-state index contributed by atoms with van der Waals surface area (Å²) >= 11 is 0. The van der Waals surface area contributed by atoms with Gasteiger partial charge in [0.25, 0.3) is 5.91 Å². The number of sulfonamides is 1. The Bertz CT molecular complexity index is 1060. The van der Waals surface area contributed by atoms with Crippen LogP contribution in [0.15, 0.2) is 66.1 Å². The zero-order chi connectivity index (χ0) is 22.4. The minimum absolute atomic E-state index is 0.0243. The number of carbonyl (C=O) groups is 2. The van der Waals surface area contributed by atoms with Crippen molar-refractivity contribution in [1.29, 1.82) is 0 Å². The van der Waals surface area contributed by atoms with Gasteiger partial charge in [-0.1, -0.05) is 18.2 Å². The van der Waals surface area contributed by atoms with Crippen molar-refractivity contribution in [2.45, 2.75) is 17.7 Å². The molecule has 1 heterocycles. The van der Waals surface area contributed by atoms with Gasteiger partial charge in [-0.2, -0.15) is 4.31 Å². The molecule has 2 aromatic carbocycles. The van der Waals surface area contributed by atoms with E-state index in [0.717, 1.165) is 12.1 Å². The molecule has 3 rings (SSSR count). The van der Waals surface area contributed by atoms with Crippen LogP contribution in [0.1, 0.15) is 23.2 Å². The van der Waals surface area contributed by atoms with Crippen LogP contribution in [-0.4, -0.2) is 44.2 Å². The van der Waals surface area contributed by atoms with Crippen molar-refractivity contribution in [2.75, 3.05) is 25.0 Å². The maximum Gasteiger partial charge on any atom is 0.253 e. The van der Waals surface area contributed by atoms with Crippen molar-refractivity contribution in [1.82, 2.24) is 9.62 Å². The van der Waals surface area contributed by atoms with E-state index < -0.39 is 15.8 Å². The zero-order valence-corrected chi connectivity index (χ0v) is 17.7. The third-order valence-electron chi connectivity index (χ3n) is 5.11. The summed E-state index contributed by atoms with van der Waals surface area (Å²) < 4.78 is 39.8. The summed E-state index contributed by atoms with van der Waals surface area (Å²) in [5.41, 5.74) is 0.740. The highest BCUT2D eigenvalue weighted by atomic mass is 32.2. The van der Waals surface area contributed by atoms with Gasteiger partial charge in [0, 0.05) is 25.6 Å². The lowest BCUT2D eigenvalue weighted by molar-refractivity contribution is -0.120. The summed E-state index contributed by atoms with van der Waals surface area (Å²) in [6, 6.07) is 11.4. The summed E-state index contributed by atoms with van der Waals surface area (Å²) in [5, 5.41) is 5.47. The van der Waals surface area contributed by atoms with Gasteiger partial charge in [-0.15, -0.1) is 6.58 Å². The van der Waals surface area contributed by atoms with Gasteiger partial charge in [-0.3, -0.25) is 9.59 Å². The molecule has 1 aliphatic heterocycles. The zero-order valence-electron chi connectivity index (χ0n) is 16.9. The number of para-hydroxylation sites is 1. The largest absolute Gasteiger partial charge is 0.349 e. The lowest BCUT2D eigenvalue weighted by Gasteiger charge is -2.30. The van der Waals surface area contributed by atoms with E-state index in [1.165, 1.54) is 16.4 Å². The highest BCUT2D eigenvalue weighted by Crippen LogP contribution is 2.25. The van der Waals surface area contributed by atoms with Crippen molar-refractivity contribution in [2.24, 2.45) is 5.92 Å². The molecule has 2 N–H and O–H groups in total. The van der Waals surface area contributed by atoms with Gasteiger partial charge in [0.2, 0.25) is 15.9 Å². The minimum atomic E-state index is -3.74. The smallest absolute Gasteiger partial charge is 0.253 e. The van der Waals surface area contributed by atoms with E-state index in [0.29, 0.717) is 30.6 Å². The number of amides is 2. The van der Waals surface area contributed by atoms with Gasteiger partial charge in [-0.05, 0) is 49.2 Å². The topological polar surface area (TPSA) is 95.6 Å².